The Bertz CT molecular complexity index is 404. The highest BCUT2D eigenvalue weighted by molar-refractivity contribution is 6.15. The molecule has 1 saturated heterocycles. The van der Waals surface area contributed by atoms with E-state index in [0.29, 0.717) is 17.9 Å². The number of nitrogens with two attached hydrogens (primary N) is 1. The van der Waals surface area contributed by atoms with Gasteiger partial charge in [0, 0.05) is 24.8 Å². The maximum absolute atomic E-state index is 6.99. The number of hydrogen-bond acceptors (Lipinski definition) is 3. The summed E-state index contributed by atoms with van der Waals surface area (Å²) in [5.41, 5.74) is 6.28. The first kappa shape index (κ1) is 23.0. The first-order chi connectivity index (χ1) is 11.4. The van der Waals surface area contributed by atoms with Crippen molar-refractivity contribution in [2.24, 2.45) is 23.0 Å². The Kier molecular flexibility index (Phi) is 8.05. The van der Waals surface area contributed by atoms with Crippen LogP contribution in [0.4, 0.5) is 0 Å². The van der Waals surface area contributed by atoms with Crippen molar-refractivity contribution in [2.75, 3.05) is 19.8 Å². The fraction of sp³-hybridized carbons (Fsp3) is 1.00. The SMILES string of the molecule is [B]C1(C)CC(CCC)(C(C)CC(C)CN)CNCN(C(C)(C)C)C1C. The van der Waals surface area contributed by atoms with Gasteiger partial charge in [0.25, 0.3) is 0 Å². The molecule has 1 aliphatic rings. The second-order valence-electron chi connectivity index (χ2n) is 10.2. The molecular formula is C21H44BN3. The van der Waals surface area contributed by atoms with Crippen molar-refractivity contribution in [3.63, 3.8) is 0 Å². The van der Waals surface area contributed by atoms with Crippen molar-refractivity contribution in [3.8, 4) is 0 Å². The van der Waals surface area contributed by atoms with Gasteiger partial charge in [-0.3, -0.25) is 4.90 Å². The second kappa shape index (κ2) is 8.76. The molecule has 0 aliphatic carbocycles. The molecule has 0 amide bonds. The van der Waals surface area contributed by atoms with E-state index in [1.54, 1.807) is 0 Å². The molecule has 0 aromatic carbocycles. The van der Waals surface area contributed by atoms with E-state index in [0.717, 1.165) is 26.2 Å². The van der Waals surface area contributed by atoms with E-state index in [9.17, 15) is 0 Å². The molecule has 1 rings (SSSR count). The Morgan fingerprint density at radius 1 is 1.32 bits per heavy atom. The Labute approximate surface area is 159 Å². The minimum absolute atomic E-state index is 0.109. The average Bonchev–Trinajstić information content (AvgIpc) is 2.48. The van der Waals surface area contributed by atoms with Crippen LogP contribution in [0.3, 0.4) is 0 Å². The van der Waals surface area contributed by atoms with Crippen LogP contribution in [0.15, 0.2) is 0 Å². The first-order valence-corrected chi connectivity index (χ1v) is 10.4. The summed E-state index contributed by atoms with van der Waals surface area (Å²) in [6.07, 6.45) is 4.68. The van der Waals surface area contributed by atoms with Crippen molar-refractivity contribution in [1.82, 2.24) is 10.2 Å². The van der Waals surface area contributed by atoms with Gasteiger partial charge in [0.2, 0.25) is 0 Å². The minimum atomic E-state index is -0.204. The molecule has 146 valence electrons. The zero-order valence-electron chi connectivity index (χ0n) is 18.3. The largest absolute Gasteiger partial charge is 0.330 e. The van der Waals surface area contributed by atoms with E-state index >= 15 is 0 Å². The first-order valence-electron chi connectivity index (χ1n) is 10.4. The van der Waals surface area contributed by atoms with Crippen LogP contribution in [-0.2, 0) is 0 Å². The van der Waals surface area contributed by atoms with Crippen LogP contribution >= 0.6 is 0 Å². The highest BCUT2D eigenvalue weighted by atomic mass is 15.3. The Morgan fingerprint density at radius 2 is 1.92 bits per heavy atom. The quantitative estimate of drug-likeness (QED) is 0.707. The molecule has 5 unspecified atom stereocenters. The predicted octanol–water partition coefficient (Wildman–Crippen LogP) is 4.18. The molecule has 1 fully saturated rings. The maximum Gasteiger partial charge on any atom is 0.0764 e. The van der Waals surface area contributed by atoms with Gasteiger partial charge in [-0.25, -0.2) is 0 Å². The van der Waals surface area contributed by atoms with Crippen molar-refractivity contribution < 1.29 is 0 Å². The van der Waals surface area contributed by atoms with Crippen LogP contribution in [0.2, 0.25) is 5.31 Å². The molecule has 3 nitrogen and oxygen atoms in total. The van der Waals surface area contributed by atoms with Crippen molar-refractivity contribution in [1.29, 1.82) is 0 Å². The number of rotatable bonds is 6. The fourth-order valence-electron chi connectivity index (χ4n) is 4.92. The summed E-state index contributed by atoms with van der Waals surface area (Å²) in [5, 5.41) is 3.60. The zero-order valence-corrected chi connectivity index (χ0v) is 18.3. The molecule has 0 bridgehead atoms. The third-order valence-corrected chi connectivity index (χ3v) is 6.73. The van der Waals surface area contributed by atoms with Gasteiger partial charge in [-0.05, 0) is 70.8 Å². The van der Waals surface area contributed by atoms with E-state index in [2.05, 4.69) is 65.6 Å². The average molecular weight is 349 g/mol. The summed E-state index contributed by atoms with van der Waals surface area (Å²) in [4.78, 5) is 2.52. The summed E-state index contributed by atoms with van der Waals surface area (Å²) < 4.78 is 0. The number of nitrogens with one attached hydrogen (secondary N) is 1. The molecule has 3 N–H and O–H groups in total. The van der Waals surface area contributed by atoms with Crippen molar-refractivity contribution >= 4 is 7.85 Å². The summed E-state index contributed by atoms with van der Waals surface area (Å²) in [6, 6.07) is 0.329. The molecule has 0 aromatic rings. The maximum atomic E-state index is 6.99. The molecule has 4 heteroatoms. The molecule has 2 radical (unpaired) electrons. The summed E-state index contributed by atoms with van der Waals surface area (Å²) >= 11 is 0. The highest BCUT2D eigenvalue weighted by Crippen LogP contribution is 2.50. The van der Waals surface area contributed by atoms with Crippen LogP contribution in [0.1, 0.15) is 81.1 Å². The normalized spacial score (nSPS) is 35.0. The molecule has 5 atom stereocenters. The standard InChI is InChI=1S/C21H44BN3/c1-9-10-21(17(3)11-16(2)12-23)13-20(8,22)18(4)25(15-24-14-21)19(5,6)7/h16-18,24H,9-15,23H2,1-8H3. The van der Waals surface area contributed by atoms with Gasteiger partial charge in [-0.15, -0.1) is 0 Å². The molecule has 0 aromatic heterocycles. The van der Waals surface area contributed by atoms with Crippen molar-refractivity contribution in [2.45, 2.75) is 98.0 Å². The molecular weight excluding hydrogens is 305 g/mol. The number of nitrogens with zero attached hydrogens (tertiary/aromatic N) is 1. The van der Waals surface area contributed by atoms with Crippen molar-refractivity contribution in [3.05, 3.63) is 0 Å². The van der Waals surface area contributed by atoms with Gasteiger partial charge in [0.1, 0.15) is 0 Å². The Morgan fingerprint density at radius 3 is 2.40 bits per heavy atom. The third kappa shape index (κ3) is 5.71. The lowest BCUT2D eigenvalue weighted by Crippen LogP contribution is -2.59. The van der Waals surface area contributed by atoms with Crippen LogP contribution < -0.4 is 11.1 Å². The predicted molar refractivity (Wildman–Crippen MR) is 112 cm³/mol. The lowest BCUT2D eigenvalue weighted by molar-refractivity contribution is -0.000472. The fourth-order valence-corrected chi connectivity index (χ4v) is 4.92. The molecule has 0 saturated carbocycles. The summed E-state index contributed by atoms with van der Waals surface area (Å²) in [6.45, 7) is 21.2. The van der Waals surface area contributed by atoms with Gasteiger partial charge in [0.15, 0.2) is 0 Å². The van der Waals surface area contributed by atoms with Gasteiger partial charge in [-0.2, -0.15) is 0 Å². The second-order valence-corrected chi connectivity index (χ2v) is 10.2. The molecule has 25 heavy (non-hydrogen) atoms. The van der Waals surface area contributed by atoms with Gasteiger partial charge in [0.05, 0.1) is 7.85 Å². The van der Waals surface area contributed by atoms with Crippen LogP contribution in [0.25, 0.3) is 0 Å². The monoisotopic (exact) mass is 349 g/mol. The lowest BCUT2D eigenvalue weighted by Gasteiger charge is -2.55. The molecule has 0 spiro atoms. The van der Waals surface area contributed by atoms with E-state index in [-0.39, 0.29) is 16.3 Å². The van der Waals surface area contributed by atoms with E-state index < -0.39 is 0 Å². The van der Waals surface area contributed by atoms with Crippen LogP contribution in [0.5, 0.6) is 0 Å². The van der Waals surface area contributed by atoms with Gasteiger partial charge in [-0.1, -0.05) is 39.4 Å². The van der Waals surface area contributed by atoms with Crippen LogP contribution in [-0.4, -0.2) is 44.1 Å². The summed E-state index contributed by atoms with van der Waals surface area (Å²) in [5.74, 6) is 1.19. The van der Waals surface area contributed by atoms with E-state index in [4.69, 9.17) is 13.6 Å². The molecule has 1 aliphatic heterocycles. The smallest absolute Gasteiger partial charge is 0.0764 e. The topological polar surface area (TPSA) is 41.3 Å². The van der Waals surface area contributed by atoms with Gasteiger partial charge < -0.3 is 11.1 Å². The lowest BCUT2D eigenvalue weighted by atomic mass is 9.53. The minimum Gasteiger partial charge on any atom is -0.330 e. The number of hydrogen-bond donors (Lipinski definition) is 2. The van der Waals surface area contributed by atoms with Gasteiger partial charge >= 0.3 is 0 Å². The zero-order chi connectivity index (χ0) is 19.5. The summed E-state index contributed by atoms with van der Waals surface area (Å²) in [7, 11) is 6.99. The van der Waals surface area contributed by atoms with Crippen LogP contribution in [0, 0.1) is 17.3 Å². The van der Waals surface area contributed by atoms with E-state index in [1.807, 2.05) is 0 Å². The highest BCUT2D eigenvalue weighted by Gasteiger charge is 2.45. The van der Waals surface area contributed by atoms with E-state index in [1.165, 1.54) is 19.3 Å². The Balaban J connectivity index is 3.14. The Hall–Kier alpha value is -0.0551. The third-order valence-electron chi connectivity index (χ3n) is 6.73. The molecule has 1 heterocycles.